The highest BCUT2D eigenvalue weighted by Crippen LogP contribution is 2.25. The first-order valence-electron chi connectivity index (χ1n) is 8.48. The van der Waals surface area contributed by atoms with Crippen molar-refractivity contribution in [1.82, 2.24) is 4.90 Å². The number of nitrogens with zero attached hydrogens (tertiary/aromatic N) is 1. The minimum absolute atomic E-state index is 0.435. The number of aromatic hydroxyl groups is 1. The molecule has 1 N–H and O–H groups in total. The molecule has 0 radical (unpaired) electrons. The fourth-order valence-electron chi connectivity index (χ4n) is 2.92. The minimum atomic E-state index is 0.435. The summed E-state index contributed by atoms with van der Waals surface area (Å²) in [6.07, 6.45) is 0.754. The third-order valence-corrected chi connectivity index (χ3v) is 5.56. The number of phenols is 1. The van der Waals surface area contributed by atoms with E-state index in [9.17, 15) is 5.11 Å². The lowest BCUT2D eigenvalue weighted by molar-refractivity contribution is 0.403. The fraction of sp³-hybridized carbons (Fsp3) is 0.182. The van der Waals surface area contributed by atoms with Gasteiger partial charge in [0.1, 0.15) is 5.75 Å². The molecule has 25 heavy (non-hydrogen) atoms. The summed E-state index contributed by atoms with van der Waals surface area (Å²) in [5, 5.41) is 13.1. The molecule has 0 saturated carbocycles. The Bertz CT molecular complexity index is 830. The van der Waals surface area contributed by atoms with Crippen molar-refractivity contribution in [2.24, 2.45) is 0 Å². The molecule has 0 heterocycles. The van der Waals surface area contributed by atoms with Gasteiger partial charge in [-0.25, -0.2) is 0 Å². The predicted octanol–water partition coefficient (Wildman–Crippen LogP) is 3.67. The second kappa shape index (κ2) is 8.29. The summed E-state index contributed by atoms with van der Waals surface area (Å²) in [6, 6.07) is 24.9. The lowest BCUT2D eigenvalue weighted by atomic mass is 10.0. The zero-order valence-electron chi connectivity index (χ0n) is 14.7. The van der Waals surface area contributed by atoms with E-state index < -0.39 is 0 Å². The highest BCUT2D eigenvalue weighted by molar-refractivity contribution is 7.55. The molecular weight excluding hydrogens is 325 g/mol. The maximum atomic E-state index is 10.8. The van der Waals surface area contributed by atoms with E-state index in [4.69, 9.17) is 0 Å². The molecule has 3 rings (SSSR count). The Morgan fingerprint density at radius 1 is 0.760 bits per heavy atom. The maximum Gasteiger partial charge on any atom is 0.126 e. The fourth-order valence-corrected chi connectivity index (χ4v) is 4.17. The third kappa shape index (κ3) is 4.69. The zero-order chi connectivity index (χ0) is 17.6. The lowest BCUT2D eigenvalue weighted by Gasteiger charge is -2.15. The number of phenolic OH excluding ortho intramolecular Hbond substituents is 1. The van der Waals surface area contributed by atoms with Gasteiger partial charge in [0.2, 0.25) is 0 Å². The molecule has 0 saturated heterocycles. The number of hydrogen-bond donors (Lipinski definition) is 1. The molecule has 128 valence electrons. The average Bonchev–Trinajstić information content (AvgIpc) is 2.60. The van der Waals surface area contributed by atoms with Crippen molar-refractivity contribution in [2.75, 3.05) is 14.1 Å². The highest BCUT2D eigenvalue weighted by atomic mass is 31.1. The molecule has 1 unspecified atom stereocenters. The Labute approximate surface area is 151 Å². The van der Waals surface area contributed by atoms with Crippen molar-refractivity contribution in [2.45, 2.75) is 13.0 Å². The van der Waals surface area contributed by atoms with Gasteiger partial charge in [0.05, 0.1) is 0 Å². The van der Waals surface area contributed by atoms with Gasteiger partial charge in [-0.1, -0.05) is 81.4 Å². The standard InChI is InChI=1S/C22H24NOP/c1-23(2)16-19-11-6-7-13-20(19)25-21-14-8-12-18(22(21)24)15-17-9-4-3-5-10-17/h3-14,24-25H,15-16H2,1-2H3. The molecule has 0 fully saturated rings. The van der Waals surface area contributed by atoms with Crippen LogP contribution < -0.4 is 10.6 Å². The van der Waals surface area contributed by atoms with Gasteiger partial charge in [0.15, 0.2) is 0 Å². The van der Waals surface area contributed by atoms with Crippen molar-refractivity contribution in [3.8, 4) is 5.75 Å². The Morgan fingerprint density at radius 3 is 2.16 bits per heavy atom. The molecule has 1 atom stereocenters. The molecule has 3 aromatic carbocycles. The molecule has 0 spiro atoms. The second-order valence-corrected chi connectivity index (χ2v) is 7.82. The minimum Gasteiger partial charge on any atom is -0.507 e. The Balaban J connectivity index is 1.86. The summed E-state index contributed by atoms with van der Waals surface area (Å²) in [5.74, 6) is 0.435. The Hall–Kier alpha value is -2.15. The summed E-state index contributed by atoms with van der Waals surface area (Å²) < 4.78 is 0. The third-order valence-electron chi connectivity index (χ3n) is 4.13. The van der Waals surface area contributed by atoms with Gasteiger partial charge in [-0.3, -0.25) is 0 Å². The van der Waals surface area contributed by atoms with Gasteiger partial charge < -0.3 is 10.0 Å². The summed E-state index contributed by atoms with van der Waals surface area (Å²) in [4.78, 5) is 2.18. The zero-order valence-corrected chi connectivity index (χ0v) is 15.7. The molecule has 0 bridgehead atoms. The number of rotatable bonds is 6. The second-order valence-electron chi connectivity index (χ2n) is 6.50. The monoisotopic (exact) mass is 349 g/mol. The lowest BCUT2D eigenvalue weighted by Crippen LogP contribution is -2.17. The van der Waals surface area contributed by atoms with Crippen LogP contribution in [-0.4, -0.2) is 24.1 Å². The van der Waals surface area contributed by atoms with Crippen LogP contribution in [0.4, 0.5) is 0 Å². The molecular formula is C22H24NOP. The Kier molecular flexibility index (Phi) is 5.86. The largest absolute Gasteiger partial charge is 0.507 e. The smallest absolute Gasteiger partial charge is 0.126 e. The van der Waals surface area contributed by atoms with E-state index in [-0.39, 0.29) is 0 Å². The quantitative estimate of drug-likeness (QED) is 0.687. The molecule has 0 aliphatic carbocycles. The first-order valence-corrected chi connectivity index (χ1v) is 9.48. The van der Waals surface area contributed by atoms with Crippen LogP contribution in [-0.2, 0) is 13.0 Å². The normalized spacial score (nSPS) is 11.5. The van der Waals surface area contributed by atoms with Crippen molar-refractivity contribution in [3.63, 3.8) is 0 Å². The van der Waals surface area contributed by atoms with E-state index in [0.717, 1.165) is 23.8 Å². The van der Waals surface area contributed by atoms with Gasteiger partial charge in [-0.15, -0.1) is 0 Å². The molecule has 3 aromatic rings. The van der Waals surface area contributed by atoms with Crippen molar-refractivity contribution < 1.29 is 5.11 Å². The van der Waals surface area contributed by atoms with E-state index in [1.807, 2.05) is 30.3 Å². The molecule has 0 aromatic heterocycles. The van der Waals surface area contributed by atoms with Crippen LogP contribution in [0.1, 0.15) is 16.7 Å². The molecule has 3 heteroatoms. The van der Waals surface area contributed by atoms with Crippen molar-refractivity contribution in [3.05, 3.63) is 89.5 Å². The molecule has 2 nitrogen and oxygen atoms in total. The van der Waals surface area contributed by atoms with E-state index in [0.29, 0.717) is 14.3 Å². The van der Waals surface area contributed by atoms with E-state index in [1.165, 1.54) is 16.4 Å². The van der Waals surface area contributed by atoms with Crippen LogP contribution in [0.15, 0.2) is 72.8 Å². The first kappa shape index (κ1) is 17.7. The number of para-hydroxylation sites is 1. The number of hydrogen-bond acceptors (Lipinski definition) is 2. The van der Waals surface area contributed by atoms with Crippen molar-refractivity contribution >= 4 is 19.2 Å². The highest BCUT2D eigenvalue weighted by Gasteiger charge is 2.11. The maximum absolute atomic E-state index is 10.8. The summed E-state index contributed by atoms with van der Waals surface area (Å²) in [7, 11) is 4.62. The predicted molar refractivity (Wildman–Crippen MR) is 109 cm³/mol. The van der Waals surface area contributed by atoms with E-state index >= 15 is 0 Å². The SMILES string of the molecule is CN(C)Cc1ccccc1Pc1cccc(Cc2ccccc2)c1O. The van der Waals surface area contributed by atoms with Gasteiger partial charge in [-0.2, -0.15) is 0 Å². The van der Waals surface area contributed by atoms with Gasteiger partial charge in [-0.05, 0) is 36.1 Å². The van der Waals surface area contributed by atoms with Gasteiger partial charge >= 0.3 is 0 Å². The molecule has 0 aliphatic heterocycles. The van der Waals surface area contributed by atoms with Crippen LogP contribution in [0.2, 0.25) is 0 Å². The van der Waals surface area contributed by atoms with Crippen LogP contribution >= 0.6 is 8.58 Å². The first-order chi connectivity index (χ1) is 12.1. The van der Waals surface area contributed by atoms with Crippen molar-refractivity contribution in [1.29, 1.82) is 0 Å². The summed E-state index contributed by atoms with van der Waals surface area (Å²) in [5.41, 5.74) is 3.52. The van der Waals surface area contributed by atoms with Crippen LogP contribution in [0.5, 0.6) is 5.75 Å². The van der Waals surface area contributed by atoms with Crippen LogP contribution in [0.25, 0.3) is 0 Å². The van der Waals surface area contributed by atoms with Crippen LogP contribution in [0.3, 0.4) is 0 Å². The van der Waals surface area contributed by atoms with Gasteiger partial charge in [0.25, 0.3) is 0 Å². The van der Waals surface area contributed by atoms with Crippen LogP contribution in [0, 0.1) is 0 Å². The molecule has 0 amide bonds. The molecule has 0 aliphatic rings. The summed E-state index contributed by atoms with van der Waals surface area (Å²) in [6.45, 7) is 0.910. The van der Waals surface area contributed by atoms with E-state index in [2.05, 4.69) is 61.5 Å². The number of benzene rings is 3. The summed E-state index contributed by atoms with van der Waals surface area (Å²) >= 11 is 0. The Morgan fingerprint density at radius 2 is 1.40 bits per heavy atom. The topological polar surface area (TPSA) is 23.5 Å². The average molecular weight is 349 g/mol. The van der Waals surface area contributed by atoms with Gasteiger partial charge in [0, 0.05) is 18.3 Å². The van der Waals surface area contributed by atoms with E-state index in [1.54, 1.807) is 0 Å².